The van der Waals surface area contributed by atoms with Gasteiger partial charge in [0.25, 0.3) is 0 Å². The number of carbonyl (C=O) groups is 2. The van der Waals surface area contributed by atoms with Gasteiger partial charge in [-0.15, -0.1) is 16.8 Å². The van der Waals surface area contributed by atoms with Crippen molar-refractivity contribution in [2.24, 2.45) is 5.92 Å². The summed E-state index contributed by atoms with van der Waals surface area (Å²) < 4.78 is 0. The van der Waals surface area contributed by atoms with E-state index < -0.39 is 0 Å². The van der Waals surface area contributed by atoms with Crippen LogP contribution in [-0.2, 0) is 9.59 Å². The van der Waals surface area contributed by atoms with Crippen LogP contribution < -0.4 is 4.90 Å². The Balaban J connectivity index is 1.31. The molecule has 2 fully saturated rings. The van der Waals surface area contributed by atoms with Gasteiger partial charge >= 0.3 is 0 Å². The Labute approximate surface area is 189 Å². The van der Waals surface area contributed by atoms with Crippen molar-refractivity contribution in [2.75, 3.05) is 44.2 Å². The van der Waals surface area contributed by atoms with Gasteiger partial charge in [0.15, 0.2) is 5.82 Å². The van der Waals surface area contributed by atoms with Crippen molar-refractivity contribution in [1.82, 2.24) is 20.0 Å². The number of aryl methyl sites for hydroxylation is 1. The van der Waals surface area contributed by atoms with Crippen molar-refractivity contribution < 1.29 is 9.59 Å². The topological polar surface area (TPSA) is 69.6 Å². The molecule has 4 rings (SSSR count). The fraction of sp³-hybridized carbons (Fsp3) is 0.440. The van der Waals surface area contributed by atoms with Crippen LogP contribution in [0.25, 0.3) is 11.3 Å². The number of nitrogens with zero attached hydrogens (tertiary/aromatic N) is 5. The lowest BCUT2D eigenvalue weighted by molar-refractivity contribution is -0.144. The molecule has 1 aromatic carbocycles. The van der Waals surface area contributed by atoms with Crippen LogP contribution >= 0.6 is 0 Å². The summed E-state index contributed by atoms with van der Waals surface area (Å²) in [5.74, 6) is 0.995. The van der Waals surface area contributed by atoms with Crippen LogP contribution in [0.15, 0.2) is 49.1 Å². The van der Waals surface area contributed by atoms with Gasteiger partial charge in [0.05, 0.1) is 5.69 Å². The minimum Gasteiger partial charge on any atom is -0.352 e. The zero-order valence-corrected chi connectivity index (χ0v) is 18.7. The Bertz CT molecular complexity index is 945. The summed E-state index contributed by atoms with van der Waals surface area (Å²) in [4.78, 5) is 31.1. The second-order valence-corrected chi connectivity index (χ2v) is 8.65. The van der Waals surface area contributed by atoms with E-state index in [2.05, 4.69) is 52.9 Å². The largest absolute Gasteiger partial charge is 0.352 e. The van der Waals surface area contributed by atoms with E-state index in [1.54, 1.807) is 11.0 Å². The molecule has 0 atom stereocenters. The lowest BCUT2D eigenvalue weighted by Crippen LogP contribution is -2.52. The number of piperazine rings is 1. The van der Waals surface area contributed by atoms with Crippen LogP contribution in [0.4, 0.5) is 5.82 Å². The molecule has 0 radical (unpaired) electrons. The number of benzene rings is 1. The number of anilines is 1. The summed E-state index contributed by atoms with van der Waals surface area (Å²) >= 11 is 0. The van der Waals surface area contributed by atoms with Crippen LogP contribution in [0.5, 0.6) is 0 Å². The summed E-state index contributed by atoms with van der Waals surface area (Å²) in [7, 11) is 0. The summed E-state index contributed by atoms with van der Waals surface area (Å²) in [6.07, 6.45) is 4.66. The first-order chi connectivity index (χ1) is 15.5. The summed E-state index contributed by atoms with van der Waals surface area (Å²) in [6, 6.07) is 12.2. The summed E-state index contributed by atoms with van der Waals surface area (Å²) in [6.45, 7) is 8.97. The van der Waals surface area contributed by atoms with Crippen molar-refractivity contribution in [3.05, 3.63) is 54.6 Å². The van der Waals surface area contributed by atoms with Gasteiger partial charge in [-0.05, 0) is 31.9 Å². The van der Waals surface area contributed by atoms with E-state index in [1.165, 1.54) is 5.56 Å². The molecule has 2 aliphatic rings. The number of carbonyl (C=O) groups excluding carboxylic acids is 2. The maximum Gasteiger partial charge on any atom is 0.242 e. The first-order valence-electron chi connectivity index (χ1n) is 11.4. The van der Waals surface area contributed by atoms with Crippen molar-refractivity contribution in [3.63, 3.8) is 0 Å². The standard InChI is InChI=1S/C25H31N5O2/c1-3-13-30(25(32)21-5-4-6-21)18-24(31)29-16-14-28(15-17-29)23-12-11-22(26-27-23)20-9-7-19(2)8-10-20/h3,7-12,21H,1,4-6,13-18H2,2H3. The molecule has 168 valence electrons. The quantitative estimate of drug-likeness (QED) is 0.628. The van der Waals surface area contributed by atoms with Gasteiger partial charge in [-0.3, -0.25) is 9.59 Å². The minimum atomic E-state index is -0.0000216. The van der Waals surface area contributed by atoms with E-state index in [-0.39, 0.29) is 24.3 Å². The van der Waals surface area contributed by atoms with E-state index >= 15 is 0 Å². The average Bonchev–Trinajstić information content (AvgIpc) is 2.78. The summed E-state index contributed by atoms with van der Waals surface area (Å²) in [5.41, 5.74) is 3.11. The number of hydrogen-bond acceptors (Lipinski definition) is 5. The average molecular weight is 434 g/mol. The zero-order valence-electron chi connectivity index (χ0n) is 18.7. The Morgan fingerprint density at radius 3 is 2.34 bits per heavy atom. The fourth-order valence-corrected chi connectivity index (χ4v) is 4.12. The molecule has 0 spiro atoms. The zero-order chi connectivity index (χ0) is 22.5. The highest BCUT2D eigenvalue weighted by Crippen LogP contribution is 2.28. The molecule has 7 heteroatoms. The van der Waals surface area contributed by atoms with Crippen LogP contribution in [0.1, 0.15) is 24.8 Å². The SMILES string of the molecule is C=CCN(CC(=O)N1CCN(c2ccc(-c3ccc(C)cc3)nn2)CC1)C(=O)C1CCC1. The highest BCUT2D eigenvalue weighted by molar-refractivity contribution is 5.86. The van der Waals surface area contributed by atoms with Crippen LogP contribution in [0.3, 0.4) is 0 Å². The molecular weight excluding hydrogens is 402 g/mol. The van der Waals surface area contributed by atoms with E-state index in [0.29, 0.717) is 32.7 Å². The van der Waals surface area contributed by atoms with Gasteiger partial charge < -0.3 is 14.7 Å². The molecule has 2 aromatic rings. The molecule has 7 nitrogen and oxygen atoms in total. The van der Waals surface area contributed by atoms with Gasteiger partial charge in [0.1, 0.15) is 6.54 Å². The van der Waals surface area contributed by atoms with Crippen LogP contribution in [0, 0.1) is 12.8 Å². The lowest BCUT2D eigenvalue weighted by atomic mass is 9.84. The number of hydrogen-bond donors (Lipinski definition) is 0. The van der Waals surface area contributed by atoms with E-state index in [9.17, 15) is 9.59 Å². The van der Waals surface area contributed by atoms with Gasteiger partial charge in [-0.1, -0.05) is 42.3 Å². The molecule has 1 aromatic heterocycles. The van der Waals surface area contributed by atoms with Gasteiger partial charge in [0.2, 0.25) is 11.8 Å². The minimum absolute atomic E-state index is 0.0000216. The fourth-order valence-electron chi connectivity index (χ4n) is 4.12. The highest BCUT2D eigenvalue weighted by atomic mass is 16.2. The summed E-state index contributed by atoms with van der Waals surface area (Å²) in [5, 5.41) is 8.80. The predicted molar refractivity (Wildman–Crippen MR) is 125 cm³/mol. The molecule has 2 amide bonds. The maximum absolute atomic E-state index is 12.8. The molecule has 32 heavy (non-hydrogen) atoms. The Hall–Kier alpha value is -3.22. The molecule has 0 bridgehead atoms. The lowest BCUT2D eigenvalue weighted by Gasteiger charge is -2.37. The Morgan fingerprint density at radius 1 is 1.06 bits per heavy atom. The third-order valence-electron chi connectivity index (χ3n) is 6.40. The third kappa shape index (κ3) is 4.98. The maximum atomic E-state index is 12.8. The molecule has 0 unspecified atom stereocenters. The van der Waals surface area contributed by atoms with Crippen molar-refractivity contribution in [1.29, 1.82) is 0 Å². The Morgan fingerprint density at radius 2 is 1.78 bits per heavy atom. The van der Waals surface area contributed by atoms with Gasteiger partial charge in [-0.2, -0.15) is 0 Å². The first kappa shape index (κ1) is 22.0. The first-order valence-corrected chi connectivity index (χ1v) is 11.4. The van der Waals surface area contributed by atoms with E-state index in [1.807, 2.05) is 17.0 Å². The molecule has 1 aliphatic carbocycles. The second-order valence-electron chi connectivity index (χ2n) is 8.65. The monoisotopic (exact) mass is 433 g/mol. The predicted octanol–water partition coefficient (Wildman–Crippen LogP) is 2.92. The van der Waals surface area contributed by atoms with Crippen molar-refractivity contribution >= 4 is 17.6 Å². The highest BCUT2D eigenvalue weighted by Gasteiger charge is 2.31. The molecule has 1 aliphatic heterocycles. The molecular formula is C25H31N5O2. The third-order valence-corrected chi connectivity index (χ3v) is 6.40. The number of amides is 2. The Kier molecular flexibility index (Phi) is 6.83. The van der Waals surface area contributed by atoms with Gasteiger partial charge in [-0.25, -0.2) is 0 Å². The smallest absolute Gasteiger partial charge is 0.242 e. The molecule has 2 heterocycles. The molecule has 1 saturated carbocycles. The molecule has 1 saturated heterocycles. The number of aromatic nitrogens is 2. The van der Waals surface area contributed by atoms with Crippen LogP contribution in [0.2, 0.25) is 0 Å². The normalized spacial score (nSPS) is 16.4. The van der Waals surface area contributed by atoms with E-state index in [4.69, 9.17) is 0 Å². The van der Waals surface area contributed by atoms with Gasteiger partial charge in [0, 0.05) is 44.2 Å². The second kappa shape index (κ2) is 9.94. The van der Waals surface area contributed by atoms with Crippen LogP contribution in [-0.4, -0.2) is 71.1 Å². The van der Waals surface area contributed by atoms with Crippen molar-refractivity contribution in [3.8, 4) is 11.3 Å². The molecule has 0 N–H and O–H groups in total. The number of rotatable bonds is 7. The van der Waals surface area contributed by atoms with E-state index in [0.717, 1.165) is 36.3 Å². The van der Waals surface area contributed by atoms with Crippen molar-refractivity contribution in [2.45, 2.75) is 26.2 Å².